The first-order valence-corrected chi connectivity index (χ1v) is 9.22. The molecule has 1 aromatic carbocycles. The SMILES string of the molecule is O=C(NCCCc1ccccc1)c1cnc(NC2CCCCC2)cn1. The van der Waals surface area contributed by atoms with Gasteiger partial charge in [0, 0.05) is 12.6 Å². The van der Waals surface area contributed by atoms with E-state index < -0.39 is 0 Å². The van der Waals surface area contributed by atoms with Crippen molar-refractivity contribution in [3.05, 3.63) is 54.0 Å². The fraction of sp³-hybridized carbons (Fsp3) is 0.450. The topological polar surface area (TPSA) is 66.9 Å². The fourth-order valence-corrected chi connectivity index (χ4v) is 3.21. The van der Waals surface area contributed by atoms with Crippen molar-refractivity contribution in [3.63, 3.8) is 0 Å². The van der Waals surface area contributed by atoms with Gasteiger partial charge in [0.25, 0.3) is 5.91 Å². The highest BCUT2D eigenvalue weighted by molar-refractivity contribution is 5.91. The minimum Gasteiger partial charge on any atom is -0.366 e. The Balaban J connectivity index is 1.41. The van der Waals surface area contributed by atoms with E-state index in [1.807, 2.05) is 18.2 Å². The third-order valence-electron chi connectivity index (χ3n) is 4.61. The number of anilines is 1. The molecule has 25 heavy (non-hydrogen) atoms. The summed E-state index contributed by atoms with van der Waals surface area (Å²) < 4.78 is 0. The van der Waals surface area contributed by atoms with Crippen molar-refractivity contribution in [1.82, 2.24) is 15.3 Å². The molecular formula is C20H26N4O. The average Bonchev–Trinajstić information content (AvgIpc) is 2.67. The van der Waals surface area contributed by atoms with Gasteiger partial charge in [-0.3, -0.25) is 4.79 Å². The van der Waals surface area contributed by atoms with Gasteiger partial charge in [-0.1, -0.05) is 49.6 Å². The second kappa shape index (κ2) is 9.16. The number of carbonyl (C=O) groups excluding carboxylic acids is 1. The molecule has 0 aliphatic heterocycles. The van der Waals surface area contributed by atoms with E-state index in [1.54, 1.807) is 12.4 Å². The molecule has 2 aromatic rings. The molecule has 1 heterocycles. The lowest BCUT2D eigenvalue weighted by atomic mass is 9.96. The van der Waals surface area contributed by atoms with Crippen LogP contribution in [0.4, 0.5) is 5.82 Å². The molecule has 1 fully saturated rings. The first-order chi connectivity index (χ1) is 12.3. The highest BCUT2D eigenvalue weighted by Gasteiger charge is 2.14. The third-order valence-corrected chi connectivity index (χ3v) is 4.61. The summed E-state index contributed by atoms with van der Waals surface area (Å²) in [7, 11) is 0. The van der Waals surface area contributed by atoms with Crippen molar-refractivity contribution >= 4 is 11.7 Å². The summed E-state index contributed by atoms with van der Waals surface area (Å²) in [6.45, 7) is 0.636. The van der Waals surface area contributed by atoms with E-state index in [2.05, 4.69) is 32.7 Å². The lowest BCUT2D eigenvalue weighted by Gasteiger charge is -2.23. The maximum Gasteiger partial charge on any atom is 0.271 e. The van der Waals surface area contributed by atoms with E-state index in [0.717, 1.165) is 18.7 Å². The highest BCUT2D eigenvalue weighted by Crippen LogP contribution is 2.20. The van der Waals surface area contributed by atoms with Gasteiger partial charge in [-0.2, -0.15) is 0 Å². The van der Waals surface area contributed by atoms with Crippen LogP contribution in [-0.4, -0.2) is 28.5 Å². The van der Waals surface area contributed by atoms with Crippen LogP contribution in [0.5, 0.6) is 0 Å². The lowest BCUT2D eigenvalue weighted by molar-refractivity contribution is 0.0948. The molecule has 1 aliphatic rings. The van der Waals surface area contributed by atoms with E-state index in [9.17, 15) is 4.79 Å². The van der Waals surface area contributed by atoms with Crippen molar-refractivity contribution in [1.29, 1.82) is 0 Å². The van der Waals surface area contributed by atoms with Crippen molar-refractivity contribution in [2.24, 2.45) is 0 Å². The highest BCUT2D eigenvalue weighted by atomic mass is 16.1. The molecule has 0 unspecified atom stereocenters. The molecule has 5 heteroatoms. The number of hydrogen-bond donors (Lipinski definition) is 2. The molecule has 1 saturated carbocycles. The number of nitrogens with one attached hydrogen (secondary N) is 2. The van der Waals surface area contributed by atoms with Crippen molar-refractivity contribution < 1.29 is 4.79 Å². The van der Waals surface area contributed by atoms with Crippen LogP contribution >= 0.6 is 0 Å². The molecule has 0 radical (unpaired) electrons. The first-order valence-electron chi connectivity index (χ1n) is 9.22. The number of aryl methyl sites for hydroxylation is 1. The summed E-state index contributed by atoms with van der Waals surface area (Å²) in [4.78, 5) is 20.7. The van der Waals surface area contributed by atoms with E-state index in [4.69, 9.17) is 0 Å². The number of aromatic nitrogens is 2. The van der Waals surface area contributed by atoms with Crippen LogP contribution in [0.25, 0.3) is 0 Å². The predicted molar refractivity (Wildman–Crippen MR) is 99.6 cm³/mol. The number of nitrogens with zero attached hydrogens (tertiary/aromatic N) is 2. The second-order valence-corrected chi connectivity index (χ2v) is 6.61. The van der Waals surface area contributed by atoms with Crippen LogP contribution in [-0.2, 0) is 6.42 Å². The van der Waals surface area contributed by atoms with Gasteiger partial charge in [0.15, 0.2) is 0 Å². The molecular weight excluding hydrogens is 312 g/mol. The van der Waals surface area contributed by atoms with Gasteiger partial charge in [-0.05, 0) is 31.2 Å². The Morgan fingerprint density at radius 3 is 2.56 bits per heavy atom. The van der Waals surface area contributed by atoms with Gasteiger partial charge in [-0.15, -0.1) is 0 Å². The third kappa shape index (κ3) is 5.55. The summed E-state index contributed by atoms with van der Waals surface area (Å²) in [5.74, 6) is 0.595. The Labute approximate surface area is 149 Å². The first kappa shape index (κ1) is 17.4. The smallest absolute Gasteiger partial charge is 0.271 e. The molecule has 132 valence electrons. The lowest BCUT2D eigenvalue weighted by Crippen LogP contribution is -2.26. The largest absolute Gasteiger partial charge is 0.366 e. The number of hydrogen-bond acceptors (Lipinski definition) is 4. The molecule has 0 saturated heterocycles. The van der Waals surface area contributed by atoms with Crippen molar-refractivity contribution in [2.75, 3.05) is 11.9 Å². The van der Waals surface area contributed by atoms with E-state index in [-0.39, 0.29) is 5.91 Å². The Kier molecular flexibility index (Phi) is 6.37. The van der Waals surface area contributed by atoms with Gasteiger partial charge >= 0.3 is 0 Å². The summed E-state index contributed by atoms with van der Waals surface area (Å²) in [6.07, 6.45) is 11.3. The Hall–Kier alpha value is -2.43. The quantitative estimate of drug-likeness (QED) is 0.757. The van der Waals surface area contributed by atoms with Crippen LogP contribution in [0.1, 0.15) is 54.6 Å². The van der Waals surface area contributed by atoms with E-state index in [0.29, 0.717) is 18.3 Å². The van der Waals surface area contributed by atoms with Gasteiger partial charge in [0.05, 0.1) is 12.4 Å². The molecule has 1 aromatic heterocycles. The number of amides is 1. The van der Waals surface area contributed by atoms with Crippen LogP contribution in [0.15, 0.2) is 42.7 Å². The molecule has 5 nitrogen and oxygen atoms in total. The van der Waals surface area contributed by atoms with Gasteiger partial charge in [-0.25, -0.2) is 9.97 Å². The maximum atomic E-state index is 12.1. The number of benzene rings is 1. The van der Waals surface area contributed by atoms with Crippen molar-refractivity contribution in [2.45, 2.75) is 51.0 Å². The van der Waals surface area contributed by atoms with Gasteiger partial charge < -0.3 is 10.6 Å². The normalized spacial score (nSPS) is 14.9. The Morgan fingerprint density at radius 2 is 1.84 bits per heavy atom. The summed E-state index contributed by atoms with van der Waals surface area (Å²) in [6, 6.07) is 10.8. The van der Waals surface area contributed by atoms with Crippen LogP contribution in [0.3, 0.4) is 0 Å². The molecule has 0 atom stereocenters. The van der Waals surface area contributed by atoms with Crippen LogP contribution in [0, 0.1) is 0 Å². The molecule has 3 rings (SSSR count). The van der Waals surface area contributed by atoms with Gasteiger partial charge in [0.2, 0.25) is 0 Å². The zero-order valence-electron chi connectivity index (χ0n) is 14.6. The average molecular weight is 338 g/mol. The number of rotatable bonds is 7. The zero-order valence-corrected chi connectivity index (χ0v) is 14.6. The van der Waals surface area contributed by atoms with Crippen LogP contribution in [0.2, 0.25) is 0 Å². The summed E-state index contributed by atoms with van der Waals surface area (Å²) in [5.41, 5.74) is 1.66. The Morgan fingerprint density at radius 1 is 1.04 bits per heavy atom. The van der Waals surface area contributed by atoms with Gasteiger partial charge in [0.1, 0.15) is 11.5 Å². The molecule has 0 spiro atoms. The monoisotopic (exact) mass is 338 g/mol. The molecule has 1 aliphatic carbocycles. The maximum absolute atomic E-state index is 12.1. The van der Waals surface area contributed by atoms with E-state index >= 15 is 0 Å². The number of carbonyl (C=O) groups is 1. The van der Waals surface area contributed by atoms with E-state index in [1.165, 1.54) is 37.7 Å². The summed E-state index contributed by atoms with van der Waals surface area (Å²) >= 11 is 0. The zero-order chi connectivity index (χ0) is 17.3. The van der Waals surface area contributed by atoms with Crippen molar-refractivity contribution in [3.8, 4) is 0 Å². The summed E-state index contributed by atoms with van der Waals surface area (Å²) in [5, 5.41) is 6.32. The minimum atomic E-state index is -0.162. The Bertz CT molecular complexity index is 651. The van der Waals surface area contributed by atoms with Crippen LogP contribution < -0.4 is 10.6 Å². The minimum absolute atomic E-state index is 0.162. The molecule has 2 N–H and O–H groups in total. The standard InChI is InChI=1S/C20H26N4O/c25-20(21-13-7-10-16-8-3-1-4-9-16)18-14-23-19(15-22-18)24-17-11-5-2-6-12-17/h1,3-4,8-9,14-15,17H,2,5-7,10-13H2,(H,21,25)(H,23,24). The second-order valence-electron chi connectivity index (χ2n) is 6.61. The predicted octanol–water partition coefficient (Wildman–Crippen LogP) is 3.58. The molecule has 0 bridgehead atoms. The molecule has 1 amide bonds. The fourth-order valence-electron chi connectivity index (χ4n) is 3.21.